The van der Waals surface area contributed by atoms with Crippen LogP contribution in [-0.4, -0.2) is 38.7 Å². The summed E-state index contributed by atoms with van der Waals surface area (Å²) in [4.78, 5) is 19.7. The van der Waals surface area contributed by atoms with Gasteiger partial charge in [0.15, 0.2) is 5.82 Å². The van der Waals surface area contributed by atoms with Crippen molar-refractivity contribution >= 4 is 19.5 Å². The third kappa shape index (κ3) is 5.08. The van der Waals surface area contributed by atoms with E-state index in [4.69, 9.17) is 16.4 Å². The Morgan fingerprint density at radius 3 is 2.75 bits per heavy atom. The highest BCUT2D eigenvalue weighted by Crippen LogP contribution is 2.24. The zero-order valence-electron chi connectivity index (χ0n) is 10.2. The molecule has 0 saturated carbocycles. The quantitative estimate of drug-likeness (QED) is 0.619. The molecule has 0 aromatic carbocycles. The van der Waals surface area contributed by atoms with Crippen molar-refractivity contribution < 1.29 is 23.0 Å². The van der Waals surface area contributed by atoms with E-state index in [1.54, 1.807) is 0 Å². The average Bonchev–Trinajstić information content (AvgIpc) is 2.38. The Hall–Kier alpha value is -1.77. The topological polar surface area (TPSA) is 137 Å². The molecule has 0 spiro atoms. The molecule has 1 unspecified atom stereocenters. The normalized spacial score (nSPS) is 14.4. The van der Waals surface area contributed by atoms with Gasteiger partial charge < -0.3 is 16.2 Å². The summed E-state index contributed by atoms with van der Waals surface area (Å²) in [5.74, 6) is -0.0371. The molecule has 0 saturated heterocycles. The predicted molar refractivity (Wildman–Crippen MR) is 66.6 cm³/mol. The molecular weight excluding hydrogens is 295 g/mol. The number of halogens is 2. The molecule has 1 rings (SSSR count). The van der Waals surface area contributed by atoms with E-state index in [1.165, 1.54) is 0 Å². The summed E-state index contributed by atoms with van der Waals surface area (Å²) in [7, 11) is -2.66. The zero-order chi connectivity index (χ0) is 15.1. The number of alkyl halides is 2. The Morgan fingerprint density at radius 2 is 2.25 bits per heavy atom. The zero-order valence-corrected chi connectivity index (χ0v) is 11.1. The molecule has 0 fully saturated rings. The Labute approximate surface area is 113 Å². The van der Waals surface area contributed by atoms with Gasteiger partial charge in [-0.25, -0.2) is 18.7 Å². The molecule has 0 aliphatic rings. The first-order valence-corrected chi connectivity index (χ1v) is 6.72. The highest BCUT2D eigenvalue weighted by Gasteiger charge is 2.27. The summed E-state index contributed by atoms with van der Waals surface area (Å²) in [6.45, 7) is 0. The summed E-state index contributed by atoms with van der Waals surface area (Å²) < 4.78 is 40.7. The lowest BCUT2D eigenvalue weighted by Gasteiger charge is -2.15. The minimum absolute atomic E-state index is 0.0441. The van der Waals surface area contributed by atoms with Crippen LogP contribution >= 0.6 is 8.03 Å². The molecule has 110 valence electrons. The standard InChI is InChI=1S/C9H12F2N5O3P/c10-7(11)6(19-4-20(17)18)1-5(2-12)8-14-3-15-9(13)16-8/h2-3,6-7H,1,4,12H2,(H2-,13,14,15,16,17,18)/p+1/t6-/m0/s1. The molecule has 0 amide bonds. The van der Waals surface area contributed by atoms with Crippen LogP contribution in [0.25, 0.3) is 5.57 Å². The maximum Gasteiger partial charge on any atom is 0.534 e. The molecule has 0 aliphatic carbocycles. The van der Waals surface area contributed by atoms with E-state index in [-0.39, 0.29) is 23.8 Å². The van der Waals surface area contributed by atoms with Gasteiger partial charge in [0, 0.05) is 18.2 Å². The van der Waals surface area contributed by atoms with Crippen LogP contribution in [0.15, 0.2) is 12.5 Å². The Morgan fingerprint density at radius 1 is 1.55 bits per heavy atom. The SMILES string of the molecule is NC=C(C[C@H](OC[P+](=O)O)C(F)F)c1ncnc(N)n1. The first-order chi connectivity index (χ1) is 9.43. The van der Waals surface area contributed by atoms with Crippen LogP contribution in [-0.2, 0) is 9.30 Å². The molecule has 5 N–H and O–H groups in total. The third-order valence-corrected chi connectivity index (χ3v) is 2.55. The van der Waals surface area contributed by atoms with Gasteiger partial charge in [-0.1, -0.05) is 0 Å². The van der Waals surface area contributed by atoms with E-state index in [9.17, 15) is 13.3 Å². The maximum atomic E-state index is 12.8. The summed E-state index contributed by atoms with van der Waals surface area (Å²) in [6.07, 6.45) is -3.33. The van der Waals surface area contributed by atoms with Gasteiger partial charge in [0.05, 0.1) is 0 Å². The number of nitrogens with zero attached hydrogens (tertiary/aromatic N) is 3. The van der Waals surface area contributed by atoms with Crippen molar-refractivity contribution in [3.8, 4) is 0 Å². The molecule has 1 aromatic rings. The van der Waals surface area contributed by atoms with Crippen molar-refractivity contribution in [2.24, 2.45) is 5.73 Å². The smallest absolute Gasteiger partial charge is 0.404 e. The molecule has 2 atom stereocenters. The molecular formula is C9H13F2N5O3P+. The van der Waals surface area contributed by atoms with Crippen LogP contribution in [0.5, 0.6) is 0 Å². The van der Waals surface area contributed by atoms with E-state index in [0.29, 0.717) is 0 Å². The number of rotatable bonds is 7. The molecule has 0 aliphatic heterocycles. The van der Waals surface area contributed by atoms with Gasteiger partial charge in [-0.3, -0.25) is 0 Å². The number of hydrogen-bond donors (Lipinski definition) is 3. The van der Waals surface area contributed by atoms with E-state index < -0.39 is 26.9 Å². The Bertz CT molecular complexity index is 502. The van der Waals surface area contributed by atoms with Crippen LogP contribution in [0, 0.1) is 0 Å². The van der Waals surface area contributed by atoms with Crippen LogP contribution in [0.3, 0.4) is 0 Å². The van der Waals surface area contributed by atoms with Gasteiger partial charge in [0.25, 0.3) is 12.8 Å². The average molecular weight is 308 g/mol. The lowest BCUT2D eigenvalue weighted by Crippen LogP contribution is -2.23. The fourth-order valence-electron chi connectivity index (χ4n) is 1.29. The van der Waals surface area contributed by atoms with Gasteiger partial charge in [-0.05, 0) is 4.57 Å². The van der Waals surface area contributed by atoms with E-state index in [1.807, 2.05) is 0 Å². The largest absolute Gasteiger partial charge is 0.534 e. The first kappa shape index (κ1) is 16.3. The van der Waals surface area contributed by atoms with Crippen molar-refractivity contribution in [1.29, 1.82) is 0 Å². The molecule has 1 aromatic heterocycles. The molecule has 8 nitrogen and oxygen atoms in total. The van der Waals surface area contributed by atoms with Gasteiger partial charge in [0.1, 0.15) is 12.4 Å². The van der Waals surface area contributed by atoms with E-state index in [0.717, 1.165) is 12.5 Å². The molecule has 1 heterocycles. The Balaban J connectivity index is 2.82. The lowest BCUT2D eigenvalue weighted by molar-refractivity contribution is -0.0374. The second-order valence-corrected chi connectivity index (χ2v) is 4.55. The monoisotopic (exact) mass is 308 g/mol. The van der Waals surface area contributed by atoms with Crippen molar-refractivity contribution in [2.75, 3.05) is 12.1 Å². The highest BCUT2D eigenvalue weighted by atomic mass is 31.1. The summed E-state index contributed by atoms with van der Waals surface area (Å²) >= 11 is 0. The fourth-order valence-corrected chi connectivity index (χ4v) is 1.61. The number of nitrogens with two attached hydrogens (primary N) is 2. The number of aromatic nitrogens is 3. The van der Waals surface area contributed by atoms with Gasteiger partial charge >= 0.3 is 8.03 Å². The second kappa shape index (κ2) is 7.73. The van der Waals surface area contributed by atoms with Crippen LogP contribution in [0.1, 0.15) is 12.2 Å². The molecule has 0 radical (unpaired) electrons. The molecule has 20 heavy (non-hydrogen) atoms. The fraction of sp³-hybridized carbons (Fsp3) is 0.444. The number of hydrogen-bond acceptors (Lipinski definition) is 7. The minimum Gasteiger partial charge on any atom is -0.404 e. The highest BCUT2D eigenvalue weighted by molar-refractivity contribution is 7.37. The Kier molecular flexibility index (Phi) is 6.29. The van der Waals surface area contributed by atoms with Crippen molar-refractivity contribution in [3.63, 3.8) is 0 Å². The maximum absolute atomic E-state index is 12.8. The molecule has 0 bridgehead atoms. The van der Waals surface area contributed by atoms with Crippen molar-refractivity contribution in [1.82, 2.24) is 15.0 Å². The molecule has 11 heteroatoms. The van der Waals surface area contributed by atoms with Gasteiger partial charge in [-0.15, -0.1) is 0 Å². The number of nitrogen functional groups attached to an aromatic ring is 1. The van der Waals surface area contributed by atoms with Crippen molar-refractivity contribution in [2.45, 2.75) is 19.0 Å². The minimum atomic E-state index is -2.86. The van der Waals surface area contributed by atoms with E-state index >= 15 is 0 Å². The van der Waals surface area contributed by atoms with Crippen molar-refractivity contribution in [3.05, 3.63) is 18.4 Å². The van der Waals surface area contributed by atoms with Gasteiger partial charge in [-0.2, -0.15) is 9.88 Å². The number of anilines is 1. The van der Waals surface area contributed by atoms with Gasteiger partial charge in [0.2, 0.25) is 5.95 Å². The van der Waals surface area contributed by atoms with E-state index in [2.05, 4.69) is 19.7 Å². The first-order valence-electron chi connectivity index (χ1n) is 5.33. The summed E-state index contributed by atoms with van der Waals surface area (Å²) in [5, 5.41) is 0. The lowest BCUT2D eigenvalue weighted by atomic mass is 10.1. The number of ether oxygens (including phenoxy) is 1. The van der Waals surface area contributed by atoms with Crippen LogP contribution in [0.2, 0.25) is 0 Å². The summed E-state index contributed by atoms with van der Waals surface area (Å²) in [5.41, 5.74) is 10.9. The predicted octanol–water partition coefficient (Wildman–Crippen LogP) is 0.486. The van der Waals surface area contributed by atoms with Crippen LogP contribution in [0.4, 0.5) is 14.7 Å². The third-order valence-electron chi connectivity index (χ3n) is 2.18. The summed E-state index contributed by atoms with van der Waals surface area (Å²) in [6, 6.07) is 0. The second-order valence-electron chi connectivity index (χ2n) is 3.58. The van der Waals surface area contributed by atoms with Crippen LogP contribution < -0.4 is 11.5 Å².